The SMILES string of the molecule is CNCc1nnn(CC(F)(F)F)c1C1CCOC1. The fourth-order valence-electron chi connectivity index (χ4n) is 2.13. The minimum Gasteiger partial charge on any atom is -0.381 e. The van der Waals surface area contributed by atoms with Crippen LogP contribution in [0.15, 0.2) is 0 Å². The Morgan fingerprint density at radius 3 is 2.83 bits per heavy atom. The van der Waals surface area contributed by atoms with E-state index in [9.17, 15) is 13.2 Å². The van der Waals surface area contributed by atoms with Crippen LogP contribution in [0.5, 0.6) is 0 Å². The van der Waals surface area contributed by atoms with E-state index in [4.69, 9.17) is 4.74 Å². The summed E-state index contributed by atoms with van der Waals surface area (Å²) < 4.78 is 43.6. The Bertz CT molecular complexity index is 398. The van der Waals surface area contributed by atoms with Crippen molar-refractivity contribution >= 4 is 0 Å². The van der Waals surface area contributed by atoms with Crippen LogP contribution in [-0.4, -0.2) is 41.4 Å². The van der Waals surface area contributed by atoms with Crippen molar-refractivity contribution in [2.45, 2.75) is 31.6 Å². The monoisotopic (exact) mass is 264 g/mol. The Balaban J connectivity index is 2.27. The van der Waals surface area contributed by atoms with Crippen LogP contribution in [0.4, 0.5) is 13.2 Å². The summed E-state index contributed by atoms with van der Waals surface area (Å²) in [4.78, 5) is 0. The van der Waals surface area contributed by atoms with E-state index in [1.807, 2.05) is 0 Å². The molecule has 1 saturated heterocycles. The van der Waals surface area contributed by atoms with Gasteiger partial charge in [0.2, 0.25) is 0 Å². The van der Waals surface area contributed by atoms with Crippen LogP contribution >= 0.6 is 0 Å². The van der Waals surface area contributed by atoms with Gasteiger partial charge in [-0.3, -0.25) is 0 Å². The van der Waals surface area contributed by atoms with Gasteiger partial charge in [-0.2, -0.15) is 13.2 Å². The zero-order valence-electron chi connectivity index (χ0n) is 10.00. The molecule has 102 valence electrons. The van der Waals surface area contributed by atoms with E-state index in [-0.39, 0.29) is 5.92 Å². The van der Waals surface area contributed by atoms with Gasteiger partial charge < -0.3 is 10.1 Å². The first-order valence-corrected chi connectivity index (χ1v) is 5.72. The lowest BCUT2D eigenvalue weighted by molar-refractivity contribution is -0.143. The van der Waals surface area contributed by atoms with Crippen LogP contribution in [-0.2, 0) is 17.8 Å². The lowest BCUT2D eigenvalue weighted by Gasteiger charge is -2.14. The second-order valence-corrected chi connectivity index (χ2v) is 4.29. The van der Waals surface area contributed by atoms with Gasteiger partial charge in [0.1, 0.15) is 12.2 Å². The first-order valence-electron chi connectivity index (χ1n) is 5.72. The summed E-state index contributed by atoms with van der Waals surface area (Å²) >= 11 is 0. The van der Waals surface area contributed by atoms with Gasteiger partial charge >= 0.3 is 6.18 Å². The third kappa shape index (κ3) is 2.99. The Hall–Kier alpha value is -1.15. The number of nitrogens with zero attached hydrogens (tertiary/aromatic N) is 3. The highest BCUT2D eigenvalue weighted by Crippen LogP contribution is 2.29. The average molecular weight is 264 g/mol. The van der Waals surface area contributed by atoms with Crippen LogP contribution < -0.4 is 5.32 Å². The van der Waals surface area contributed by atoms with Crippen molar-refractivity contribution in [1.29, 1.82) is 0 Å². The Morgan fingerprint density at radius 2 is 2.28 bits per heavy atom. The second kappa shape index (κ2) is 5.23. The maximum atomic E-state index is 12.5. The lowest BCUT2D eigenvalue weighted by Crippen LogP contribution is -2.22. The second-order valence-electron chi connectivity index (χ2n) is 4.29. The van der Waals surface area contributed by atoms with Crippen molar-refractivity contribution in [3.63, 3.8) is 0 Å². The molecule has 1 aromatic rings. The van der Waals surface area contributed by atoms with E-state index < -0.39 is 12.7 Å². The van der Waals surface area contributed by atoms with Gasteiger partial charge in [0.15, 0.2) is 0 Å². The standard InChI is InChI=1S/C10H15F3N4O/c1-14-4-8-9(7-2-3-18-5-7)17(16-15-8)6-10(11,12)13/h7,14H,2-6H2,1H3. The van der Waals surface area contributed by atoms with E-state index in [1.165, 1.54) is 0 Å². The highest BCUT2D eigenvalue weighted by Gasteiger charge is 2.33. The molecule has 1 unspecified atom stereocenters. The molecular weight excluding hydrogens is 249 g/mol. The van der Waals surface area contributed by atoms with Crippen LogP contribution in [0.25, 0.3) is 0 Å². The topological polar surface area (TPSA) is 52.0 Å². The van der Waals surface area contributed by atoms with Gasteiger partial charge in [0.25, 0.3) is 0 Å². The fourth-order valence-corrected chi connectivity index (χ4v) is 2.13. The van der Waals surface area contributed by atoms with E-state index in [2.05, 4.69) is 15.6 Å². The van der Waals surface area contributed by atoms with Gasteiger partial charge in [-0.05, 0) is 13.5 Å². The van der Waals surface area contributed by atoms with Crippen LogP contribution in [0.3, 0.4) is 0 Å². The Kier molecular flexibility index (Phi) is 3.86. The summed E-state index contributed by atoms with van der Waals surface area (Å²) in [6, 6.07) is 0. The van der Waals surface area contributed by atoms with Gasteiger partial charge in [0.05, 0.1) is 12.3 Å². The van der Waals surface area contributed by atoms with E-state index in [1.54, 1.807) is 7.05 Å². The first-order chi connectivity index (χ1) is 8.51. The predicted molar refractivity (Wildman–Crippen MR) is 57.0 cm³/mol. The smallest absolute Gasteiger partial charge is 0.381 e. The van der Waals surface area contributed by atoms with Gasteiger partial charge in [-0.15, -0.1) is 5.10 Å². The quantitative estimate of drug-likeness (QED) is 0.883. The lowest BCUT2D eigenvalue weighted by atomic mass is 10.0. The van der Waals surface area contributed by atoms with Crippen LogP contribution in [0.1, 0.15) is 23.7 Å². The maximum absolute atomic E-state index is 12.5. The molecule has 0 spiro atoms. The first kappa shape index (κ1) is 13.3. The summed E-state index contributed by atoms with van der Waals surface area (Å²) in [6.45, 7) is 0.308. The molecule has 1 aliphatic heterocycles. The molecular formula is C10H15F3N4O. The Morgan fingerprint density at radius 1 is 1.50 bits per heavy atom. The summed E-state index contributed by atoms with van der Waals surface area (Å²) in [6.07, 6.45) is -3.58. The number of hydrogen-bond acceptors (Lipinski definition) is 4. The zero-order valence-corrected chi connectivity index (χ0v) is 10.00. The third-order valence-electron chi connectivity index (χ3n) is 2.84. The molecule has 2 heterocycles. The molecule has 1 fully saturated rings. The number of alkyl halides is 3. The van der Waals surface area contributed by atoms with Gasteiger partial charge in [-0.1, -0.05) is 5.21 Å². The Labute approximate surface area is 102 Å². The summed E-state index contributed by atoms with van der Waals surface area (Å²) in [7, 11) is 1.72. The largest absolute Gasteiger partial charge is 0.408 e. The van der Waals surface area contributed by atoms with E-state index in [0.717, 1.165) is 4.68 Å². The van der Waals surface area contributed by atoms with Crippen molar-refractivity contribution in [2.24, 2.45) is 0 Å². The molecule has 0 saturated carbocycles. The maximum Gasteiger partial charge on any atom is 0.408 e. The molecule has 1 atom stereocenters. The van der Waals surface area contributed by atoms with Gasteiger partial charge in [0, 0.05) is 19.1 Å². The summed E-state index contributed by atoms with van der Waals surface area (Å²) in [5.41, 5.74) is 1.11. The average Bonchev–Trinajstić information content (AvgIpc) is 2.86. The highest BCUT2D eigenvalue weighted by atomic mass is 19.4. The molecule has 0 bridgehead atoms. The number of ether oxygens (including phenoxy) is 1. The molecule has 1 N–H and O–H groups in total. The summed E-state index contributed by atoms with van der Waals surface area (Å²) in [5.74, 6) is -0.0503. The number of hydrogen-bond donors (Lipinski definition) is 1. The number of halogens is 3. The molecule has 2 rings (SSSR count). The molecule has 0 aromatic carbocycles. The minimum atomic E-state index is -4.29. The third-order valence-corrected chi connectivity index (χ3v) is 2.84. The van der Waals surface area contributed by atoms with Crippen LogP contribution in [0, 0.1) is 0 Å². The van der Waals surface area contributed by atoms with Crippen molar-refractivity contribution in [1.82, 2.24) is 20.3 Å². The number of nitrogens with one attached hydrogen (secondary N) is 1. The van der Waals surface area contributed by atoms with Crippen molar-refractivity contribution < 1.29 is 17.9 Å². The van der Waals surface area contributed by atoms with Crippen molar-refractivity contribution in [3.8, 4) is 0 Å². The number of aromatic nitrogens is 3. The zero-order chi connectivity index (χ0) is 13.2. The van der Waals surface area contributed by atoms with Crippen molar-refractivity contribution in [3.05, 3.63) is 11.4 Å². The molecule has 1 aliphatic rings. The highest BCUT2D eigenvalue weighted by molar-refractivity contribution is 5.17. The van der Waals surface area contributed by atoms with E-state index in [0.29, 0.717) is 37.6 Å². The number of rotatable bonds is 4. The fraction of sp³-hybridized carbons (Fsp3) is 0.800. The molecule has 0 aliphatic carbocycles. The normalized spacial score (nSPS) is 20.6. The molecule has 8 heteroatoms. The molecule has 0 amide bonds. The van der Waals surface area contributed by atoms with Crippen LogP contribution in [0.2, 0.25) is 0 Å². The molecule has 0 radical (unpaired) electrons. The molecule has 18 heavy (non-hydrogen) atoms. The van der Waals surface area contributed by atoms with E-state index >= 15 is 0 Å². The van der Waals surface area contributed by atoms with Gasteiger partial charge in [-0.25, -0.2) is 4.68 Å². The predicted octanol–water partition coefficient (Wildman–Crippen LogP) is 1.06. The van der Waals surface area contributed by atoms with Crippen molar-refractivity contribution in [2.75, 3.05) is 20.3 Å². The minimum absolute atomic E-state index is 0.0503. The molecule has 5 nitrogen and oxygen atoms in total. The molecule has 1 aromatic heterocycles. The summed E-state index contributed by atoms with van der Waals surface area (Å²) in [5, 5.41) is 10.3.